The lowest BCUT2D eigenvalue weighted by molar-refractivity contribution is -0.153. The minimum absolute atomic E-state index is 0.244. The predicted molar refractivity (Wildman–Crippen MR) is 63.3 cm³/mol. The average molecular weight is 231 g/mol. The number of hydrogen-bond acceptors (Lipinski definition) is 4. The van der Waals surface area contributed by atoms with Crippen molar-refractivity contribution < 1.29 is 14.6 Å². The van der Waals surface area contributed by atoms with Gasteiger partial charge in [-0.15, -0.1) is 0 Å². The quantitative estimate of drug-likeness (QED) is 0.819. The van der Waals surface area contributed by atoms with E-state index >= 15 is 0 Å². The largest absolute Gasteiger partial charge is 0.464 e. The molecule has 4 heteroatoms. The fourth-order valence-electron chi connectivity index (χ4n) is 1.70. The monoisotopic (exact) mass is 231 g/mol. The Morgan fingerprint density at radius 2 is 2.18 bits per heavy atom. The van der Waals surface area contributed by atoms with Gasteiger partial charge in [-0.1, -0.05) is 24.3 Å². The summed E-state index contributed by atoms with van der Waals surface area (Å²) in [7, 11) is 0. The molecule has 2 rings (SSSR count). The number of aromatic nitrogens is 1. The summed E-state index contributed by atoms with van der Waals surface area (Å²) < 4.78 is 4.79. The van der Waals surface area contributed by atoms with Crippen LogP contribution in [0.15, 0.2) is 36.5 Å². The van der Waals surface area contributed by atoms with Gasteiger partial charge >= 0.3 is 5.97 Å². The molecule has 0 aliphatic heterocycles. The van der Waals surface area contributed by atoms with Gasteiger partial charge in [0.2, 0.25) is 0 Å². The molecule has 0 bridgehead atoms. The van der Waals surface area contributed by atoms with Crippen LogP contribution in [0.3, 0.4) is 0 Å². The molecule has 0 aliphatic carbocycles. The van der Waals surface area contributed by atoms with Crippen LogP contribution in [0.1, 0.15) is 18.6 Å². The van der Waals surface area contributed by atoms with Crippen molar-refractivity contribution >= 4 is 16.9 Å². The maximum atomic E-state index is 11.5. The number of carbonyl (C=O) groups excluding carboxylic acids is 1. The molecular weight excluding hydrogens is 218 g/mol. The SMILES string of the molecule is CCOC(=O)C(O)c1cccc2cccnc12. The van der Waals surface area contributed by atoms with Crippen LogP contribution in [0.5, 0.6) is 0 Å². The fourth-order valence-corrected chi connectivity index (χ4v) is 1.70. The second-order valence-electron chi connectivity index (χ2n) is 3.58. The van der Waals surface area contributed by atoms with Gasteiger partial charge in [0.25, 0.3) is 0 Å². The van der Waals surface area contributed by atoms with Gasteiger partial charge in [-0.05, 0) is 13.0 Å². The maximum absolute atomic E-state index is 11.5. The Morgan fingerprint density at radius 3 is 2.94 bits per heavy atom. The van der Waals surface area contributed by atoms with E-state index in [2.05, 4.69) is 4.98 Å². The van der Waals surface area contributed by atoms with Crippen molar-refractivity contribution in [2.75, 3.05) is 6.61 Å². The summed E-state index contributed by atoms with van der Waals surface area (Å²) in [6, 6.07) is 9.02. The van der Waals surface area contributed by atoms with Crippen LogP contribution >= 0.6 is 0 Å². The highest BCUT2D eigenvalue weighted by Gasteiger charge is 2.21. The maximum Gasteiger partial charge on any atom is 0.339 e. The second-order valence-corrected chi connectivity index (χ2v) is 3.58. The molecule has 1 atom stereocenters. The molecule has 0 amide bonds. The van der Waals surface area contributed by atoms with Crippen molar-refractivity contribution in [2.45, 2.75) is 13.0 Å². The molecule has 4 nitrogen and oxygen atoms in total. The summed E-state index contributed by atoms with van der Waals surface area (Å²) >= 11 is 0. The molecule has 1 aromatic carbocycles. The van der Waals surface area contributed by atoms with Crippen LogP contribution in [0.4, 0.5) is 0 Å². The molecule has 2 aromatic rings. The van der Waals surface area contributed by atoms with E-state index < -0.39 is 12.1 Å². The van der Waals surface area contributed by atoms with Crippen LogP contribution < -0.4 is 0 Å². The van der Waals surface area contributed by atoms with Crippen molar-refractivity contribution in [1.82, 2.24) is 4.98 Å². The third kappa shape index (κ3) is 2.26. The van der Waals surface area contributed by atoms with Gasteiger partial charge in [0.15, 0.2) is 6.10 Å². The Balaban J connectivity index is 2.44. The topological polar surface area (TPSA) is 59.4 Å². The van der Waals surface area contributed by atoms with E-state index in [0.29, 0.717) is 11.1 Å². The number of aliphatic hydroxyl groups is 1. The highest BCUT2D eigenvalue weighted by atomic mass is 16.5. The van der Waals surface area contributed by atoms with Crippen molar-refractivity contribution in [3.63, 3.8) is 0 Å². The molecule has 0 fully saturated rings. The molecule has 1 heterocycles. The van der Waals surface area contributed by atoms with Gasteiger partial charge in [-0.3, -0.25) is 4.98 Å². The smallest absolute Gasteiger partial charge is 0.339 e. The zero-order chi connectivity index (χ0) is 12.3. The van der Waals surface area contributed by atoms with E-state index in [1.165, 1.54) is 0 Å². The fraction of sp³-hybridized carbons (Fsp3) is 0.231. The zero-order valence-corrected chi connectivity index (χ0v) is 9.46. The third-order valence-electron chi connectivity index (χ3n) is 2.47. The van der Waals surface area contributed by atoms with Crippen LogP contribution in [0.2, 0.25) is 0 Å². The lowest BCUT2D eigenvalue weighted by Gasteiger charge is -2.11. The first-order valence-electron chi connectivity index (χ1n) is 5.42. The number of para-hydroxylation sites is 1. The van der Waals surface area contributed by atoms with E-state index in [4.69, 9.17) is 4.74 Å². The van der Waals surface area contributed by atoms with E-state index in [-0.39, 0.29) is 6.61 Å². The van der Waals surface area contributed by atoms with Gasteiger partial charge < -0.3 is 9.84 Å². The number of hydrogen-bond donors (Lipinski definition) is 1. The van der Waals surface area contributed by atoms with Crippen LogP contribution in [-0.2, 0) is 9.53 Å². The van der Waals surface area contributed by atoms with Crippen LogP contribution in [0, 0.1) is 0 Å². The molecule has 17 heavy (non-hydrogen) atoms. The van der Waals surface area contributed by atoms with Gasteiger partial charge in [-0.25, -0.2) is 4.79 Å². The number of rotatable bonds is 3. The first-order chi connectivity index (χ1) is 8.24. The number of fused-ring (bicyclic) bond motifs is 1. The summed E-state index contributed by atoms with van der Waals surface area (Å²) in [5.74, 6) is -0.648. The highest BCUT2D eigenvalue weighted by Crippen LogP contribution is 2.23. The Hall–Kier alpha value is -1.94. The number of ether oxygens (including phenoxy) is 1. The van der Waals surface area contributed by atoms with E-state index in [1.54, 1.807) is 25.3 Å². The Labute approximate surface area is 98.9 Å². The van der Waals surface area contributed by atoms with Crippen molar-refractivity contribution in [3.8, 4) is 0 Å². The lowest BCUT2D eigenvalue weighted by Crippen LogP contribution is -2.15. The Kier molecular flexibility index (Phi) is 3.35. The summed E-state index contributed by atoms with van der Waals surface area (Å²) in [5, 5.41) is 10.8. The summed E-state index contributed by atoms with van der Waals surface area (Å²) in [5.41, 5.74) is 1.09. The minimum Gasteiger partial charge on any atom is -0.464 e. The standard InChI is InChI=1S/C13H13NO3/c1-2-17-13(16)12(15)10-7-3-5-9-6-4-8-14-11(9)10/h3-8,12,15H,2H2,1H3. The van der Waals surface area contributed by atoms with E-state index in [9.17, 15) is 9.90 Å². The first-order valence-corrected chi connectivity index (χ1v) is 5.42. The third-order valence-corrected chi connectivity index (χ3v) is 2.47. The van der Waals surface area contributed by atoms with Crippen LogP contribution in [-0.4, -0.2) is 22.7 Å². The number of carbonyl (C=O) groups is 1. The van der Waals surface area contributed by atoms with Gasteiger partial charge in [0.05, 0.1) is 12.1 Å². The molecule has 0 saturated carbocycles. The predicted octanol–water partition coefficient (Wildman–Crippen LogP) is 1.83. The van der Waals surface area contributed by atoms with Crippen molar-refractivity contribution in [3.05, 3.63) is 42.1 Å². The number of esters is 1. The number of pyridine rings is 1. The van der Waals surface area contributed by atoms with Gasteiger partial charge in [0.1, 0.15) is 0 Å². The number of aliphatic hydroxyl groups excluding tert-OH is 1. The highest BCUT2D eigenvalue weighted by molar-refractivity contribution is 5.87. The minimum atomic E-state index is -1.28. The molecule has 1 unspecified atom stereocenters. The molecule has 0 spiro atoms. The molecule has 1 aromatic heterocycles. The van der Waals surface area contributed by atoms with E-state index in [0.717, 1.165) is 5.39 Å². The van der Waals surface area contributed by atoms with E-state index in [1.807, 2.05) is 18.2 Å². The second kappa shape index (κ2) is 4.93. The summed E-state index contributed by atoms with van der Waals surface area (Å²) in [6.07, 6.45) is 0.345. The molecular formula is C13H13NO3. The van der Waals surface area contributed by atoms with Gasteiger partial charge in [-0.2, -0.15) is 0 Å². The Morgan fingerprint density at radius 1 is 1.41 bits per heavy atom. The molecule has 0 aliphatic rings. The van der Waals surface area contributed by atoms with Crippen LogP contribution in [0.25, 0.3) is 10.9 Å². The molecule has 88 valence electrons. The first kappa shape index (κ1) is 11.5. The number of benzene rings is 1. The summed E-state index contributed by atoms with van der Waals surface area (Å²) in [6.45, 7) is 1.94. The normalized spacial score (nSPS) is 12.4. The van der Waals surface area contributed by atoms with Crippen molar-refractivity contribution in [2.24, 2.45) is 0 Å². The number of nitrogens with zero attached hydrogens (tertiary/aromatic N) is 1. The van der Waals surface area contributed by atoms with Crippen molar-refractivity contribution in [1.29, 1.82) is 0 Å². The van der Waals surface area contributed by atoms with Gasteiger partial charge in [0, 0.05) is 17.1 Å². The molecule has 0 radical (unpaired) electrons. The molecule has 0 saturated heterocycles. The Bertz CT molecular complexity index is 534. The summed E-state index contributed by atoms with van der Waals surface area (Å²) in [4.78, 5) is 15.7. The average Bonchev–Trinajstić information content (AvgIpc) is 2.37. The zero-order valence-electron chi connectivity index (χ0n) is 9.46. The molecule has 1 N–H and O–H groups in total. The lowest BCUT2D eigenvalue weighted by atomic mass is 10.1.